The molecule has 0 spiro atoms. The second kappa shape index (κ2) is 7.39. The summed E-state index contributed by atoms with van der Waals surface area (Å²) in [6.07, 6.45) is 0.260. The molecule has 8 heteroatoms. The Labute approximate surface area is 157 Å². The van der Waals surface area contributed by atoms with Crippen molar-refractivity contribution in [1.82, 2.24) is 4.57 Å². The predicted octanol–water partition coefficient (Wildman–Crippen LogP) is 4.27. The van der Waals surface area contributed by atoms with E-state index < -0.39 is 23.7 Å². The Kier molecular flexibility index (Phi) is 5.20. The molecule has 1 amide bonds. The van der Waals surface area contributed by atoms with E-state index in [1.165, 1.54) is 22.8 Å². The highest BCUT2D eigenvalue weighted by atomic mass is 35.5. The number of carbonyl (C=O) groups is 2. The summed E-state index contributed by atoms with van der Waals surface area (Å²) in [6, 6.07) is 9.72. The zero-order valence-corrected chi connectivity index (χ0v) is 15.2. The normalized spacial score (nSPS) is 13.1. The molecule has 3 rings (SSSR count). The van der Waals surface area contributed by atoms with E-state index in [-0.39, 0.29) is 21.5 Å². The van der Waals surface area contributed by atoms with Crippen LogP contribution in [0.15, 0.2) is 47.5 Å². The van der Waals surface area contributed by atoms with Gasteiger partial charge in [0.1, 0.15) is 11.9 Å². The third kappa shape index (κ3) is 3.40. The highest BCUT2D eigenvalue weighted by Crippen LogP contribution is 2.25. The van der Waals surface area contributed by atoms with Crippen LogP contribution in [0.3, 0.4) is 0 Å². The molecule has 1 unspecified atom stereocenters. The van der Waals surface area contributed by atoms with E-state index in [9.17, 15) is 19.1 Å². The molecule has 3 aromatic rings. The van der Waals surface area contributed by atoms with Crippen LogP contribution in [0.1, 0.15) is 29.7 Å². The number of aliphatic carboxylic acids is 1. The lowest BCUT2D eigenvalue weighted by Crippen LogP contribution is -2.27. The molecule has 0 bridgehead atoms. The van der Waals surface area contributed by atoms with Gasteiger partial charge >= 0.3 is 5.97 Å². The number of halogens is 2. The first-order valence-electron chi connectivity index (χ1n) is 7.79. The fraction of sp³-hybridized carbons (Fsp3) is 0.167. The van der Waals surface area contributed by atoms with E-state index in [2.05, 4.69) is 4.99 Å². The van der Waals surface area contributed by atoms with Crippen LogP contribution in [-0.2, 0) is 4.79 Å². The summed E-state index contributed by atoms with van der Waals surface area (Å²) < 4.78 is 15.8. The Hall–Kier alpha value is -2.51. The van der Waals surface area contributed by atoms with Gasteiger partial charge in [-0.05, 0) is 36.8 Å². The van der Waals surface area contributed by atoms with Crippen LogP contribution >= 0.6 is 22.9 Å². The van der Waals surface area contributed by atoms with Gasteiger partial charge in [-0.3, -0.25) is 4.79 Å². The highest BCUT2D eigenvalue weighted by molar-refractivity contribution is 7.16. The third-order valence-corrected chi connectivity index (χ3v) is 5.17. The van der Waals surface area contributed by atoms with E-state index in [0.29, 0.717) is 10.5 Å². The Morgan fingerprint density at radius 2 is 2.04 bits per heavy atom. The maximum absolute atomic E-state index is 14.2. The fourth-order valence-electron chi connectivity index (χ4n) is 2.65. The Morgan fingerprint density at radius 1 is 1.31 bits per heavy atom. The van der Waals surface area contributed by atoms with Crippen LogP contribution in [0.5, 0.6) is 0 Å². The number of carboxylic acids is 1. The number of hydrogen-bond acceptors (Lipinski definition) is 3. The van der Waals surface area contributed by atoms with Crippen LogP contribution in [0.25, 0.3) is 10.2 Å². The van der Waals surface area contributed by atoms with E-state index in [0.717, 1.165) is 11.3 Å². The van der Waals surface area contributed by atoms with Crippen molar-refractivity contribution >= 4 is 45.0 Å². The average molecular weight is 393 g/mol. The molecule has 0 fully saturated rings. The van der Waals surface area contributed by atoms with Gasteiger partial charge in [0, 0.05) is 10.6 Å². The number of aromatic nitrogens is 1. The SMILES string of the molecule is CCC(C(=O)O)n1c(=NC(=O)c2cccc(Cl)c2)sc2c(F)cccc21. The summed E-state index contributed by atoms with van der Waals surface area (Å²) >= 11 is 6.84. The molecule has 1 heterocycles. The summed E-state index contributed by atoms with van der Waals surface area (Å²) in [5.74, 6) is -2.14. The van der Waals surface area contributed by atoms with E-state index in [4.69, 9.17) is 11.6 Å². The molecule has 0 aliphatic rings. The van der Waals surface area contributed by atoms with Gasteiger partial charge < -0.3 is 9.67 Å². The number of hydrogen-bond donors (Lipinski definition) is 1. The van der Waals surface area contributed by atoms with Crippen molar-refractivity contribution in [3.8, 4) is 0 Å². The first-order chi connectivity index (χ1) is 12.4. The van der Waals surface area contributed by atoms with Gasteiger partial charge in [-0.25, -0.2) is 9.18 Å². The Balaban J connectivity index is 2.26. The molecule has 0 saturated carbocycles. The van der Waals surface area contributed by atoms with Gasteiger partial charge in [0.15, 0.2) is 4.80 Å². The maximum Gasteiger partial charge on any atom is 0.326 e. The second-order valence-electron chi connectivity index (χ2n) is 5.53. The topological polar surface area (TPSA) is 71.7 Å². The zero-order valence-electron chi connectivity index (χ0n) is 13.6. The molecule has 0 aliphatic heterocycles. The third-order valence-electron chi connectivity index (χ3n) is 3.86. The largest absolute Gasteiger partial charge is 0.480 e. The van der Waals surface area contributed by atoms with Gasteiger partial charge in [-0.15, -0.1) is 0 Å². The lowest BCUT2D eigenvalue weighted by molar-refractivity contribution is -0.140. The number of amides is 1. The van der Waals surface area contributed by atoms with E-state index >= 15 is 0 Å². The zero-order chi connectivity index (χ0) is 18.8. The first-order valence-corrected chi connectivity index (χ1v) is 8.98. The fourth-order valence-corrected chi connectivity index (χ4v) is 3.91. The van der Waals surface area contributed by atoms with Gasteiger partial charge in [-0.2, -0.15) is 4.99 Å². The first kappa shape index (κ1) is 18.3. The smallest absolute Gasteiger partial charge is 0.326 e. The minimum absolute atomic E-state index is 0.129. The molecule has 1 N–H and O–H groups in total. The number of fused-ring (bicyclic) bond motifs is 1. The number of benzene rings is 2. The number of carboxylic acid groups (broad SMARTS) is 1. The summed E-state index contributed by atoms with van der Waals surface area (Å²) in [6.45, 7) is 1.71. The number of carbonyl (C=O) groups excluding carboxylic acids is 1. The van der Waals surface area contributed by atoms with Crippen LogP contribution in [-0.4, -0.2) is 21.6 Å². The average Bonchev–Trinajstić information content (AvgIpc) is 2.95. The van der Waals surface area contributed by atoms with Crippen LogP contribution < -0.4 is 4.80 Å². The molecule has 2 aromatic carbocycles. The lowest BCUT2D eigenvalue weighted by Gasteiger charge is -2.13. The van der Waals surface area contributed by atoms with Crippen molar-refractivity contribution in [2.24, 2.45) is 4.99 Å². The Bertz CT molecular complexity index is 1070. The number of rotatable bonds is 4. The van der Waals surface area contributed by atoms with Crippen molar-refractivity contribution < 1.29 is 19.1 Å². The van der Waals surface area contributed by atoms with Crippen molar-refractivity contribution in [1.29, 1.82) is 0 Å². The van der Waals surface area contributed by atoms with Crippen molar-refractivity contribution in [3.63, 3.8) is 0 Å². The maximum atomic E-state index is 14.2. The van der Waals surface area contributed by atoms with Crippen molar-refractivity contribution in [2.45, 2.75) is 19.4 Å². The van der Waals surface area contributed by atoms with E-state index in [1.807, 2.05) is 0 Å². The Morgan fingerprint density at radius 3 is 2.69 bits per heavy atom. The quantitative estimate of drug-likeness (QED) is 0.720. The lowest BCUT2D eigenvalue weighted by atomic mass is 10.2. The molecular weight excluding hydrogens is 379 g/mol. The highest BCUT2D eigenvalue weighted by Gasteiger charge is 2.23. The van der Waals surface area contributed by atoms with Crippen molar-refractivity contribution in [2.75, 3.05) is 0 Å². The number of thiazole rings is 1. The molecule has 0 saturated heterocycles. The minimum Gasteiger partial charge on any atom is -0.480 e. The van der Waals surface area contributed by atoms with Crippen LogP contribution in [0.2, 0.25) is 5.02 Å². The van der Waals surface area contributed by atoms with Gasteiger partial charge in [0.2, 0.25) is 0 Å². The molecule has 26 heavy (non-hydrogen) atoms. The molecule has 0 aliphatic carbocycles. The molecule has 5 nitrogen and oxygen atoms in total. The summed E-state index contributed by atoms with van der Waals surface area (Å²) in [5.41, 5.74) is 0.659. The van der Waals surface area contributed by atoms with Crippen molar-refractivity contribution in [3.05, 3.63) is 63.7 Å². The molecular formula is C18H14ClFN2O3S. The number of nitrogens with zero attached hydrogens (tertiary/aromatic N) is 2. The summed E-state index contributed by atoms with van der Waals surface area (Å²) in [7, 11) is 0. The molecule has 0 radical (unpaired) electrons. The van der Waals surface area contributed by atoms with E-state index in [1.54, 1.807) is 31.2 Å². The van der Waals surface area contributed by atoms with Crippen LogP contribution in [0.4, 0.5) is 4.39 Å². The summed E-state index contributed by atoms with van der Waals surface area (Å²) in [5, 5.41) is 9.92. The predicted molar refractivity (Wildman–Crippen MR) is 98.1 cm³/mol. The monoisotopic (exact) mass is 392 g/mol. The van der Waals surface area contributed by atoms with Gasteiger partial charge in [0.05, 0.1) is 10.2 Å². The van der Waals surface area contributed by atoms with Crippen LogP contribution in [0, 0.1) is 5.82 Å². The molecule has 1 atom stereocenters. The standard InChI is InChI=1S/C18H14ClFN2O3S/c1-2-13(17(24)25)22-14-8-4-7-12(20)15(14)26-18(22)21-16(23)10-5-3-6-11(19)9-10/h3-9,13H,2H2,1H3,(H,24,25). The molecule has 134 valence electrons. The second-order valence-corrected chi connectivity index (χ2v) is 6.95. The molecule has 1 aromatic heterocycles. The van der Waals surface area contributed by atoms with Gasteiger partial charge in [0.25, 0.3) is 5.91 Å². The minimum atomic E-state index is -1.08. The van der Waals surface area contributed by atoms with Gasteiger partial charge in [-0.1, -0.05) is 42.0 Å². The summed E-state index contributed by atoms with van der Waals surface area (Å²) in [4.78, 5) is 28.3.